The first kappa shape index (κ1) is 15.8. The molecule has 0 saturated heterocycles. The van der Waals surface area contributed by atoms with Crippen molar-refractivity contribution in [2.24, 2.45) is 11.7 Å². The van der Waals surface area contributed by atoms with Crippen molar-refractivity contribution in [2.75, 3.05) is 11.4 Å². The number of hydrogen-bond acceptors (Lipinski definition) is 3. The normalized spacial score (nSPS) is 14.4. The molecule has 0 aliphatic heterocycles. The molecule has 0 bridgehead atoms. The molecule has 0 amide bonds. The van der Waals surface area contributed by atoms with Gasteiger partial charge >= 0.3 is 0 Å². The van der Waals surface area contributed by atoms with Gasteiger partial charge in [-0.1, -0.05) is 13.8 Å². The van der Waals surface area contributed by atoms with Gasteiger partial charge in [0.25, 0.3) is 0 Å². The predicted molar refractivity (Wildman–Crippen MR) is 89.2 cm³/mol. The van der Waals surface area contributed by atoms with E-state index in [1.54, 1.807) is 0 Å². The van der Waals surface area contributed by atoms with Gasteiger partial charge < -0.3 is 10.6 Å². The van der Waals surface area contributed by atoms with E-state index in [9.17, 15) is 0 Å². The number of aryl methyl sites for hydroxylation is 2. The van der Waals surface area contributed by atoms with Crippen LogP contribution in [0.4, 0.5) is 5.82 Å². The number of pyridine rings is 1. The van der Waals surface area contributed by atoms with Gasteiger partial charge in [-0.3, -0.25) is 5.41 Å². The maximum Gasteiger partial charge on any atom is 0.140 e. The molecule has 2 rings (SSSR count). The van der Waals surface area contributed by atoms with Crippen molar-refractivity contribution in [1.29, 1.82) is 5.41 Å². The first-order valence-electron chi connectivity index (χ1n) is 8.04. The second-order valence-corrected chi connectivity index (χ2v) is 6.73. The molecule has 0 radical (unpaired) electrons. The molecule has 1 heterocycles. The highest BCUT2D eigenvalue weighted by Gasteiger charge is 2.22. The molecule has 0 unspecified atom stereocenters. The van der Waals surface area contributed by atoms with E-state index in [0.717, 1.165) is 30.8 Å². The van der Waals surface area contributed by atoms with Gasteiger partial charge in [0.05, 0.1) is 5.56 Å². The van der Waals surface area contributed by atoms with Crippen LogP contribution in [0.3, 0.4) is 0 Å². The Bertz CT molecular complexity index is 520. The Morgan fingerprint density at radius 2 is 1.95 bits per heavy atom. The lowest BCUT2D eigenvalue weighted by molar-refractivity contribution is 0.563. The van der Waals surface area contributed by atoms with Crippen LogP contribution < -0.4 is 10.6 Å². The maximum absolute atomic E-state index is 7.92. The summed E-state index contributed by atoms with van der Waals surface area (Å²) in [5, 5.41) is 7.92. The van der Waals surface area contributed by atoms with Crippen molar-refractivity contribution in [3.63, 3.8) is 0 Å². The van der Waals surface area contributed by atoms with Crippen LogP contribution in [0.2, 0.25) is 0 Å². The summed E-state index contributed by atoms with van der Waals surface area (Å²) in [5.74, 6) is 1.57. The van der Waals surface area contributed by atoms with Crippen molar-refractivity contribution in [3.05, 3.63) is 22.9 Å². The number of amidine groups is 1. The number of nitrogens with one attached hydrogen (secondary N) is 1. The molecule has 1 aliphatic carbocycles. The van der Waals surface area contributed by atoms with E-state index in [4.69, 9.17) is 16.1 Å². The van der Waals surface area contributed by atoms with E-state index in [0.29, 0.717) is 12.0 Å². The van der Waals surface area contributed by atoms with Crippen molar-refractivity contribution in [2.45, 2.75) is 59.4 Å². The summed E-state index contributed by atoms with van der Waals surface area (Å²) in [6, 6.07) is 2.45. The zero-order valence-electron chi connectivity index (χ0n) is 13.7. The maximum atomic E-state index is 7.92. The third-order valence-electron chi connectivity index (χ3n) is 4.03. The highest BCUT2D eigenvalue weighted by atomic mass is 15.2. The third-order valence-corrected chi connectivity index (χ3v) is 4.03. The molecule has 116 valence electrons. The molecule has 0 fully saturated rings. The Hall–Kier alpha value is -1.58. The third kappa shape index (κ3) is 3.55. The summed E-state index contributed by atoms with van der Waals surface area (Å²) in [6.07, 6.45) is 4.54. The lowest BCUT2D eigenvalue weighted by atomic mass is 9.94. The summed E-state index contributed by atoms with van der Waals surface area (Å²) in [5.41, 5.74) is 9.11. The highest BCUT2D eigenvalue weighted by molar-refractivity contribution is 6.00. The Kier molecular flexibility index (Phi) is 4.86. The van der Waals surface area contributed by atoms with Crippen molar-refractivity contribution in [3.8, 4) is 0 Å². The molecular formula is C17H28N4. The van der Waals surface area contributed by atoms with Crippen LogP contribution >= 0.6 is 0 Å². The summed E-state index contributed by atoms with van der Waals surface area (Å²) in [4.78, 5) is 7.20. The van der Waals surface area contributed by atoms with Crippen LogP contribution in [0, 0.1) is 11.3 Å². The quantitative estimate of drug-likeness (QED) is 0.646. The smallest absolute Gasteiger partial charge is 0.140 e. The van der Waals surface area contributed by atoms with E-state index in [1.807, 2.05) is 0 Å². The number of anilines is 1. The molecule has 1 aromatic rings. The van der Waals surface area contributed by atoms with Crippen molar-refractivity contribution in [1.82, 2.24) is 4.98 Å². The van der Waals surface area contributed by atoms with Gasteiger partial charge in [0.1, 0.15) is 11.7 Å². The van der Waals surface area contributed by atoms with Crippen LogP contribution in [0.15, 0.2) is 6.07 Å². The molecule has 0 spiro atoms. The van der Waals surface area contributed by atoms with E-state index in [1.165, 1.54) is 24.1 Å². The van der Waals surface area contributed by atoms with Gasteiger partial charge in [-0.2, -0.15) is 0 Å². The number of hydrogen-bond donors (Lipinski definition) is 2. The van der Waals surface area contributed by atoms with Gasteiger partial charge in [-0.25, -0.2) is 4.98 Å². The minimum Gasteiger partial charge on any atom is -0.384 e. The summed E-state index contributed by atoms with van der Waals surface area (Å²) in [7, 11) is 0. The molecular weight excluding hydrogens is 260 g/mol. The van der Waals surface area contributed by atoms with Crippen LogP contribution in [0.1, 0.15) is 57.4 Å². The lowest BCUT2D eigenvalue weighted by Gasteiger charge is -2.32. The van der Waals surface area contributed by atoms with Gasteiger partial charge in [-0.05, 0) is 57.1 Å². The number of nitrogens with zero attached hydrogens (tertiary/aromatic N) is 2. The van der Waals surface area contributed by atoms with E-state index >= 15 is 0 Å². The van der Waals surface area contributed by atoms with E-state index in [-0.39, 0.29) is 5.84 Å². The molecule has 21 heavy (non-hydrogen) atoms. The van der Waals surface area contributed by atoms with Crippen LogP contribution in [0.25, 0.3) is 0 Å². The Morgan fingerprint density at radius 3 is 2.52 bits per heavy atom. The number of rotatable bonds is 5. The molecule has 1 aromatic heterocycles. The second kappa shape index (κ2) is 6.46. The first-order chi connectivity index (χ1) is 9.90. The van der Waals surface area contributed by atoms with Crippen LogP contribution in [0.5, 0.6) is 0 Å². The average Bonchev–Trinajstić information content (AvgIpc) is 2.42. The van der Waals surface area contributed by atoms with Crippen molar-refractivity contribution < 1.29 is 0 Å². The Labute approximate surface area is 128 Å². The zero-order chi connectivity index (χ0) is 15.6. The minimum atomic E-state index is 0.125. The topological polar surface area (TPSA) is 66.0 Å². The fourth-order valence-corrected chi connectivity index (χ4v) is 2.98. The number of nitrogens with two attached hydrogens (primary N) is 1. The fraction of sp³-hybridized carbons (Fsp3) is 0.647. The summed E-state index contributed by atoms with van der Waals surface area (Å²) >= 11 is 0. The highest BCUT2D eigenvalue weighted by Crippen LogP contribution is 2.28. The van der Waals surface area contributed by atoms with Gasteiger partial charge in [-0.15, -0.1) is 0 Å². The Balaban J connectivity index is 2.50. The second-order valence-electron chi connectivity index (χ2n) is 6.73. The number of nitrogen functional groups attached to an aromatic ring is 1. The largest absolute Gasteiger partial charge is 0.384 e. The average molecular weight is 288 g/mol. The summed E-state index contributed by atoms with van der Waals surface area (Å²) < 4.78 is 0. The SMILES string of the molecule is CC(C)CN(c1nc2c(cc1C(=N)N)CCCC2)C(C)C. The van der Waals surface area contributed by atoms with Gasteiger partial charge in [0, 0.05) is 18.3 Å². The molecule has 4 nitrogen and oxygen atoms in total. The van der Waals surface area contributed by atoms with Crippen LogP contribution in [-0.2, 0) is 12.8 Å². The fourth-order valence-electron chi connectivity index (χ4n) is 2.98. The monoisotopic (exact) mass is 288 g/mol. The lowest BCUT2D eigenvalue weighted by Crippen LogP contribution is -2.37. The standard InChI is InChI=1S/C17H28N4/c1-11(2)10-21(12(3)4)17-14(16(18)19)9-13-7-5-6-8-15(13)20-17/h9,11-12H,5-8,10H2,1-4H3,(H3,18,19). The van der Waals surface area contributed by atoms with Gasteiger partial charge in [0.2, 0.25) is 0 Å². The molecule has 1 aliphatic rings. The van der Waals surface area contributed by atoms with Crippen molar-refractivity contribution >= 4 is 11.7 Å². The Morgan fingerprint density at radius 1 is 1.29 bits per heavy atom. The first-order valence-corrected chi connectivity index (χ1v) is 8.04. The number of aromatic nitrogens is 1. The van der Waals surface area contributed by atoms with Gasteiger partial charge in [0.15, 0.2) is 0 Å². The molecule has 4 heteroatoms. The van der Waals surface area contributed by atoms with E-state index < -0.39 is 0 Å². The van der Waals surface area contributed by atoms with Crippen LogP contribution in [-0.4, -0.2) is 23.4 Å². The predicted octanol–water partition coefficient (Wildman–Crippen LogP) is 3.12. The van der Waals surface area contributed by atoms with E-state index in [2.05, 4.69) is 38.7 Å². The number of fused-ring (bicyclic) bond motifs is 1. The summed E-state index contributed by atoms with van der Waals surface area (Å²) in [6.45, 7) is 9.70. The zero-order valence-corrected chi connectivity index (χ0v) is 13.7. The molecule has 0 aromatic carbocycles. The minimum absolute atomic E-state index is 0.125. The molecule has 3 N–H and O–H groups in total. The molecule has 0 atom stereocenters. The molecule has 0 saturated carbocycles.